The topological polar surface area (TPSA) is 87.3 Å². The van der Waals surface area contributed by atoms with Gasteiger partial charge in [0, 0.05) is 5.69 Å². The number of nitrogens with one attached hydrogen (secondary N) is 3. The molecule has 0 radical (unpaired) electrons. The van der Waals surface area contributed by atoms with E-state index in [1.54, 1.807) is 66.7 Å². The number of anilines is 3. The van der Waals surface area contributed by atoms with E-state index in [0.29, 0.717) is 11.4 Å². The fourth-order valence-corrected chi connectivity index (χ4v) is 3.74. The summed E-state index contributed by atoms with van der Waals surface area (Å²) >= 11 is 0. The summed E-state index contributed by atoms with van der Waals surface area (Å²) in [6, 6.07) is 20.1. The van der Waals surface area contributed by atoms with E-state index in [0.717, 1.165) is 11.1 Å². The number of hydrogen-bond donors (Lipinski definition) is 3. The third-order valence-corrected chi connectivity index (χ3v) is 5.60. The van der Waals surface area contributed by atoms with Crippen LogP contribution in [-0.4, -0.2) is 14.4 Å². The van der Waals surface area contributed by atoms with Gasteiger partial charge in [0.25, 0.3) is 10.0 Å². The van der Waals surface area contributed by atoms with Crippen LogP contribution >= 0.6 is 0 Å². The Labute approximate surface area is 164 Å². The SMILES string of the molecule is Cc1ccc(S(=O)(=O)Nc2ccccc2NC(=O)Nc2ccccc2)cc1C. The summed E-state index contributed by atoms with van der Waals surface area (Å²) in [5.41, 5.74) is 3.16. The number of carbonyl (C=O) groups excluding carboxylic acids is 1. The molecule has 7 heteroatoms. The standard InChI is InChI=1S/C21H21N3O3S/c1-15-12-13-18(14-16(15)2)28(26,27)24-20-11-7-6-10-19(20)23-21(25)22-17-8-4-3-5-9-17/h3-14,24H,1-2H3,(H2,22,23,25). The lowest BCUT2D eigenvalue weighted by molar-refractivity contribution is 0.262. The van der Waals surface area contributed by atoms with E-state index >= 15 is 0 Å². The second-order valence-electron chi connectivity index (χ2n) is 6.34. The Morgan fingerprint density at radius 2 is 1.39 bits per heavy atom. The lowest BCUT2D eigenvalue weighted by Crippen LogP contribution is -2.21. The summed E-state index contributed by atoms with van der Waals surface area (Å²) in [6.07, 6.45) is 0. The molecule has 28 heavy (non-hydrogen) atoms. The fraction of sp³-hybridized carbons (Fsp3) is 0.0952. The second-order valence-corrected chi connectivity index (χ2v) is 8.02. The summed E-state index contributed by atoms with van der Waals surface area (Å²) in [6.45, 7) is 3.78. The third-order valence-electron chi connectivity index (χ3n) is 4.24. The Bertz CT molecular complexity index is 1100. The molecule has 144 valence electrons. The third kappa shape index (κ3) is 4.69. The molecule has 0 fully saturated rings. The summed E-state index contributed by atoms with van der Waals surface area (Å²) < 4.78 is 28.1. The van der Waals surface area contributed by atoms with Gasteiger partial charge in [0.1, 0.15) is 0 Å². The van der Waals surface area contributed by atoms with Crippen LogP contribution in [0, 0.1) is 13.8 Å². The Balaban J connectivity index is 1.80. The molecular weight excluding hydrogens is 374 g/mol. The van der Waals surface area contributed by atoms with E-state index in [1.165, 1.54) is 0 Å². The monoisotopic (exact) mass is 395 g/mol. The van der Waals surface area contributed by atoms with Crippen LogP contribution in [0.5, 0.6) is 0 Å². The first-order valence-corrected chi connectivity index (χ1v) is 10.2. The molecule has 0 atom stereocenters. The van der Waals surface area contributed by atoms with E-state index in [-0.39, 0.29) is 10.6 Å². The molecule has 0 saturated carbocycles. The molecule has 0 unspecified atom stereocenters. The maximum absolute atomic E-state index is 12.8. The summed E-state index contributed by atoms with van der Waals surface area (Å²) in [5.74, 6) is 0. The van der Waals surface area contributed by atoms with Crippen LogP contribution in [0.25, 0.3) is 0 Å². The van der Waals surface area contributed by atoms with Crippen molar-refractivity contribution >= 4 is 33.1 Å². The van der Waals surface area contributed by atoms with Crippen molar-refractivity contribution in [2.75, 3.05) is 15.4 Å². The van der Waals surface area contributed by atoms with Crippen LogP contribution < -0.4 is 15.4 Å². The van der Waals surface area contributed by atoms with Gasteiger partial charge < -0.3 is 10.6 Å². The number of rotatable bonds is 5. The van der Waals surface area contributed by atoms with Crippen molar-refractivity contribution in [1.82, 2.24) is 0 Å². The summed E-state index contributed by atoms with van der Waals surface area (Å²) in [7, 11) is -3.79. The number of amides is 2. The van der Waals surface area contributed by atoms with E-state index < -0.39 is 16.1 Å². The first-order valence-electron chi connectivity index (χ1n) is 8.67. The number of aryl methyl sites for hydroxylation is 2. The Kier molecular flexibility index (Phi) is 5.65. The first kappa shape index (κ1) is 19.4. The average molecular weight is 395 g/mol. The van der Waals surface area contributed by atoms with Gasteiger partial charge in [-0.3, -0.25) is 4.72 Å². The maximum atomic E-state index is 12.8. The van der Waals surface area contributed by atoms with Crippen LogP contribution in [0.1, 0.15) is 11.1 Å². The van der Waals surface area contributed by atoms with Crippen molar-refractivity contribution < 1.29 is 13.2 Å². The molecule has 0 spiro atoms. The molecule has 0 aliphatic carbocycles. The van der Waals surface area contributed by atoms with Gasteiger partial charge in [0.05, 0.1) is 16.3 Å². The number of hydrogen-bond acceptors (Lipinski definition) is 3. The minimum absolute atomic E-state index is 0.166. The van der Waals surface area contributed by atoms with Crippen LogP contribution in [-0.2, 0) is 10.0 Å². The first-order chi connectivity index (χ1) is 13.3. The fourth-order valence-electron chi connectivity index (χ4n) is 2.57. The predicted molar refractivity (Wildman–Crippen MR) is 112 cm³/mol. The van der Waals surface area contributed by atoms with Gasteiger partial charge in [-0.05, 0) is 61.4 Å². The second kappa shape index (κ2) is 8.14. The summed E-state index contributed by atoms with van der Waals surface area (Å²) in [4.78, 5) is 12.4. The van der Waals surface area contributed by atoms with Crippen LogP contribution in [0.15, 0.2) is 77.7 Å². The zero-order valence-corrected chi connectivity index (χ0v) is 16.4. The molecule has 3 aromatic rings. The number of benzene rings is 3. The molecule has 3 aromatic carbocycles. The summed E-state index contributed by atoms with van der Waals surface area (Å²) in [5, 5.41) is 5.38. The van der Waals surface area contributed by atoms with E-state index in [2.05, 4.69) is 15.4 Å². The smallest absolute Gasteiger partial charge is 0.308 e. The van der Waals surface area contributed by atoms with Crippen molar-refractivity contribution in [3.05, 3.63) is 83.9 Å². The number of urea groups is 1. The largest absolute Gasteiger partial charge is 0.323 e. The zero-order valence-electron chi connectivity index (χ0n) is 15.6. The van der Waals surface area contributed by atoms with Crippen molar-refractivity contribution in [3.63, 3.8) is 0 Å². The number of sulfonamides is 1. The molecule has 0 aromatic heterocycles. The minimum atomic E-state index is -3.79. The molecule has 3 rings (SSSR count). The van der Waals surface area contributed by atoms with E-state index in [9.17, 15) is 13.2 Å². The molecule has 0 bridgehead atoms. The predicted octanol–water partition coefficient (Wildman–Crippen LogP) is 4.75. The molecule has 0 aliphatic heterocycles. The molecule has 0 heterocycles. The maximum Gasteiger partial charge on any atom is 0.323 e. The molecule has 2 amide bonds. The highest BCUT2D eigenvalue weighted by Gasteiger charge is 2.17. The normalized spacial score (nSPS) is 10.9. The van der Waals surface area contributed by atoms with Gasteiger partial charge in [-0.2, -0.15) is 0 Å². The lowest BCUT2D eigenvalue weighted by Gasteiger charge is -2.14. The Hall–Kier alpha value is -3.32. The molecule has 0 saturated heterocycles. The van der Waals surface area contributed by atoms with Gasteiger partial charge in [0.15, 0.2) is 0 Å². The van der Waals surface area contributed by atoms with Crippen LogP contribution in [0.2, 0.25) is 0 Å². The molecule has 0 aliphatic rings. The molecule has 6 nitrogen and oxygen atoms in total. The van der Waals surface area contributed by atoms with Crippen LogP contribution in [0.4, 0.5) is 21.9 Å². The lowest BCUT2D eigenvalue weighted by atomic mass is 10.1. The van der Waals surface area contributed by atoms with Gasteiger partial charge in [-0.25, -0.2) is 13.2 Å². The quantitative estimate of drug-likeness (QED) is 0.583. The van der Waals surface area contributed by atoms with Gasteiger partial charge in [0.2, 0.25) is 0 Å². The van der Waals surface area contributed by atoms with Crippen molar-refractivity contribution in [2.45, 2.75) is 18.7 Å². The average Bonchev–Trinajstić information content (AvgIpc) is 2.66. The Morgan fingerprint density at radius 3 is 2.07 bits per heavy atom. The van der Waals surface area contributed by atoms with Crippen LogP contribution in [0.3, 0.4) is 0 Å². The molecule has 3 N–H and O–H groups in total. The van der Waals surface area contributed by atoms with Gasteiger partial charge in [-0.15, -0.1) is 0 Å². The van der Waals surface area contributed by atoms with Gasteiger partial charge in [-0.1, -0.05) is 36.4 Å². The zero-order chi connectivity index (χ0) is 20.1. The molecular formula is C21H21N3O3S. The Morgan fingerprint density at radius 1 is 0.750 bits per heavy atom. The van der Waals surface area contributed by atoms with E-state index in [4.69, 9.17) is 0 Å². The highest BCUT2D eigenvalue weighted by atomic mass is 32.2. The highest BCUT2D eigenvalue weighted by molar-refractivity contribution is 7.92. The van der Waals surface area contributed by atoms with E-state index in [1.807, 2.05) is 19.9 Å². The van der Waals surface area contributed by atoms with Gasteiger partial charge >= 0.3 is 6.03 Å². The van der Waals surface area contributed by atoms with Crippen molar-refractivity contribution in [3.8, 4) is 0 Å². The minimum Gasteiger partial charge on any atom is -0.308 e. The van der Waals surface area contributed by atoms with Crippen molar-refractivity contribution in [1.29, 1.82) is 0 Å². The number of carbonyl (C=O) groups is 1. The highest BCUT2D eigenvalue weighted by Crippen LogP contribution is 2.25. The number of para-hydroxylation sites is 3. The van der Waals surface area contributed by atoms with Crippen molar-refractivity contribution in [2.24, 2.45) is 0 Å².